The minimum atomic E-state index is 0.726. The molecule has 2 heterocycles. The maximum Gasteiger partial charge on any atom is 0.196 e. The Morgan fingerprint density at radius 3 is 2.73 bits per heavy atom. The summed E-state index contributed by atoms with van der Waals surface area (Å²) in [6.07, 6.45) is 1.73. The van der Waals surface area contributed by atoms with Crippen molar-refractivity contribution in [3.8, 4) is 11.6 Å². The van der Waals surface area contributed by atoms with Gasteiger partial charge in [0, 0.05) is 11.9 Å². The summed E-state index contributed by atoms with van der Waals surface area (Å²) >= 11 is 0. The highest BCUT2D eigenvalue weighted by Gasteiger charge is 2.09. The van der Waals surface area contributed by atoms with Crippen LogP contribution in [0.25, 0.3) is 5.82 Å². The molecule has 0 aliphatic carbocycles. The number of ether oxygens (including phenoxy) is 1. The second-order valence-electron chi connectivity index (χ2n) is 3.37. The minimum absolute atomic E-state index is 0.726. The lowest BCUT2D eigenvalue weighted by Crippen LogP contribution is -2.04. The van der Waals surface area contributed by atoms with Crippen molar-refractivity contribution in [1.29, 1.82) is 0 Å². The van der Waals surface area contributed by atoms with Crippen molar-refractivity contribution in [2.75, 3.05) is 7.11 Å². The number of hydrogen-bond acceptors (Lipinski definition) is 3. The molecule has 0 fully saturated rings. The van der Waals surface area contributed by atoms with Gasteiger partial charge in [0.15, 0.2) is 11.6 Å². The van der Waals surface area contributed by atoms with Crippen LogP contribution in [-0.4, -0.2) is 21.9 Å². The molecule has 0 saturated carbocycles. The van der Waals surface area contributed by atoms with Crippen molar-refractivity contribution in [1.82, 2.24) is 14.8 Å². The van der Waals surface area contributed by atoms with Crippen molar-refractivity contribution in [2.45, 2.75) is 13.8 Å². The molecule has 2 aromatic heterocycles. The van der Waals surface area contributed by atoms with Gasteiger partial charge in [0.2, 0.25) is 0 Å². The lowest BCUT2D eigenvalue weighted by Gasteiger charge is -2.07. The van der Waals surface area contributed by atoms with E-state index in [-0.39, 0.29) is 0 Å². The molecule has 0 aromatic carbocycles. The number of nitrogens with zero attached hydrogens (tertiary/aromatic N) is 3. The maximum absolute atomic E-state index is 5.24. The molecule has 0 N–H and O–H groups in total. The number of hydrogen-bond donors (Lipinski definition) is 0. The van der Waals surface area contributed by atoms with E-state index < -0.39 is 0 Å². The van der Waals surface area contributed by atoms with E-state index in [0.717, 1.165) is 23.0 Å². The summed E-state index contributed by atoms with van der Waals surface area (Å²) in [4.78, 5) is 4.27. The summed E-state index contributed by atoms with van der Waals surface area (Å²) in [7, 11) is 1.63. The predicted octanol–water partition coefficient (Wildman–Crippen LogP) is 1.89. The van der Waals surface area contributed by atoms with E-state index >= 15 is 0 Å². The summed E-state index contributed by atoms with van der Waals surface area (Å²) < 4.78 is 7.03. The number of aromatic nitrogens is 3. The first-order valence-corrected chi connectivity index (χ1v) is 4.75. The number of pyridine rings is 1. The normalized spacial score (nSPS) is 10.3. The highest BCUT2D eigenvalue weighted by molar-refractivity contribution is 5.40. The van der Waals surface area contributed by atoms with Gasteiger partial charge in [-0.3, -0.25) is 0 Å². The number of rotatable bonds is 2. The molecule has 4 nitrogen and oxygen atoms in total. The second kappa shape index (κ2) is 3.73. The highest BCUT2D eigenvalue weighted by atomic mass is 16.5. The molecule has 2 aromatic rings. The van der Waals surface area contributed by atoms with Gasteiger partial charge >= 0.3 is 0 Å². The van der Waals surface area contributed by atoms with Gasteiger partial charge in [-0.15, -0.1) is 0 Å². The van der Waals surface area contributed by atoms with Crippen LogP contribution in [-0.2, 0) is 0 Å². The van der Waals surface area contributed by atoms with Crippen molar-refractivity contribution < 1.29 is 4.74 Å². The third-order valence-electron chi connectivity index (χ3n) is 2.18. The van der Waals surface area contributed by atoms with E-state index in [0.29, 0.717) is 0 Å². The first kappa shape index (κ1) is 9.71. The van der Waals surface area contributed by atoms with Crippen LogP contribution in [0.2, 0.25) is 0 Å². The molecule has 0 aliphatic rings. The second-order valence-corrected chi connectivity index (χ2v) is 3.37. The third-order valence-corrected chi connectivity index (χ3v) is 2.18. The van der Waals surface area contributed by atoms with Gasteiger partial charge in [-0.2, -0.15) is 5.10 Å². The van der Waals surface area contributed by atoms with Crippen molar-refractivity contribution >= 4 is 0 Å². The Morgan fingerprint density at radius 1 is 1.33 bits per heavy atom. The van der Waals surface area contributed by atoms with Crippen LogP contribution in [0.1, 0.15) is 11.4 Å². The van der Waals surface area contributed by atoms with Gasteiger partial charge in [0.1, 0.15) is 0 Å². The summed E-state index contributed by atoms with van der Waals surface area (Å²) in [6, 6.07) is 5.72. The molecule has 0 radical (unpaired) electrons. The van der Waals surface area contributed by atoms with E-state index in [1.54, 1.807) is 18.0 Å². The third kappa shape index (κ3) is 1.70. The number of aryl methyl sites for hydroxylation is 2. The van der Waals surface area contributed by atoms with Crippen LogP contribution in [0, 0.1) is 13.8 Å². The van der Waals surface area contributed by atoms with Crippen LogP contribution in [0.5, 0.6) is 5.75 Å². The molecular weight excluding hydrogens is 190 g/mol. The van der Waals surface area contributed by atoms with E-state index in [1.165, 1.54) is 0 Å². The lowest BCUT2D eigenvalue weighted by atomic mass is 10.4. The van der Waals surface area contributed by atoms with Gasteiger partial charge in [0.25, 0.3) is 0 Å². The SMILES string of the molecule is COc1cccnc1-n1nc(C)cc1C. The van der Waals surface area contributed by atoms with Crippen LogP contribution in [0.15, 0.2) is 24.4 Å². The molecule has 0 amide bonds. The molecule has 0 saturated heterocycles. The molecule has 2 rings (SSSR count). The minimum Gasteiger partial charge on any atom is -0.493 e. The van der Waals surface area contributed by atoms with E-state index in [4.69, 9.17) is 4.74 Å². The maximum atomic E-state index is 5.24. The number of methoxy groups -OCH3 is 1. The predicted molar refractivity (Wildman–Crippen MR) is 57.4 cm³/mol. The average Bonchev–Trinajstić information content (AvgIpc) is 2.57. The zero-order chi connectivity index (χ0) is 10.8. The monoisotopic (exact) mass is 203 g/mol. The Hall–Kier alpha value is -1.84. The molecule has 0 atom stereocenters. The fraction of sp³-hybridized carbons (Fsp3) is 0.273. The molecule has 4 heteroatoms. The van der Waals surface area contributed by atoms with E-state index in [2.05, 4.69) is 10.1 Å². The van der Waals surface area contributed by atoms with Crippen LogP contribution in [0.3, 0.4) is 0 Å². The van der Waals surface area contributed by atoms with Gasteiger partial charge in [0.05, 0.1) is 12.8 Å². The first-order valence-electron chi connectivity index (χ1n) is 4.75. The molecule has 0 spiro atoms. The summed E-state index contributed by atoms with van der Waals surface area (Å²) in [6.45, 7) is 3.95. The smallest absolute Gasteiger partial charge is 0.196 e. The summed E-state index contributed by atoms with van der Waals surface area (Å²) in [5, 5.41) is 4.36. The van der Waals surface area contributed by atoms with E-state index in [9.17, 15) is 0 Å². The highest BCUT2D eigenvalue weighted by Crippen LogP contribution is 2.20. The molecule has 0 aliphatic heterocycles. The largest absolute Gasteiger partial charge is 0.493 e. The Labute approximate surface area is 88.5 Å². The zero-order valence-electron chi connectivity index (χ0n) is 9.06. The van der Waals surface area contributed by atoms with Crippen LogP contribution < -0.4 is 4.74 Å². The Bertz CT molecular complexity index is 476. The van der Waals surface area contributed by atoms with Crippen LogP contribution in [0.4, 0.5) is 0 Å². The van der Waals surface area contributed by atoms with Crippen molar-refractivity contribution in [2.24, 2.45) is 0 Å². The molecule has 78 valence electrons. The van der Waals surface area contributed by atoms with E-state index in [1.807, 2.05) is 32.0 Å². The summed E-state index contributed by atoms with van der Waals surface area (Å²) in [5.41, 5.74) is 2.02. The molecule has 15 heavy (non-hydrogen) atoms. The lowest BCUT2D eigenvalue weighted by molar-refractivity contribution is 0.409. The fourth-order valence-electron chi connectivity index (χ4n) is 1.54. The molecule has 0 unspecified atom stereocenters. The molecule has 0 bridgehead atoms. The quantitative estimate of drug-likeness (QED) is 0.748. The Morgan fingerprint density at radius 2 is 2.13 bits per heavy atom. The topological polar surface area (TPSA) is 39.9 Å². The first-order chi connectivity index (χ1) is 7.22. The van der Waals surface area contributed by atoms with Gasteiger partial charge in [-0.05, 0) is 32.0 Å². The fourth-order valence-corrected chi connectivity index (χ4v) is 1.54. The zero-order valence-corrected chi connectivity index (χ0v) is 9.06. The average molecular weight is 203 g/mol. The Kier molecular flexibility index (Phi) is 2.41. The van der Waals surface area contributed by atoms with Crippen molar-refractivity contribution in [3.63, 3.8) is 0 Å². The van der Waals surface area contributed by atoms with Crippen molar-refractivity contribution in [3.05, 3.63) is 35.8 Å². The van der Waals surface area contributed by atoms with Crippen LogP contribution >= 0.6 is 0 Å². The molecular formula is C11H13N3O. The van der Waals surface area contributed by atoms with Gasteiger partial charge in [-0.25, -0.2) is 9.67 Å². The summed E-state index contributed by atoms with van der Waals surface area (Å²) in [5.74, 6) is 1.45. The standard InChI is InChI=1S/C11H13N3O/c1-8-7-9(2)14(13-8)11-10(15-3)5-4-6-12-11/h4-7H,1-3H3. The van der Waals surface area contributed by atoms with Gasteiger partial charge in [-0.1, -0.05) is 0 Å². The Balaban J connectivity index is 2.58. The van der Waals surface area contributed by atoms with Gasteiger partial charge < -0.3 is 4.74 Å².